The number of carbonyl (C=O) groups excluding carboxylic acids is 3. The molecule has 17 heavy (non-hydrogen) atoms. The topological polar surface area (TPSA) is 60.4 Å². The SMILES string of the molecule is CC(=O)CC[C@]1(C(=O)OC(C)C)CCCC1=O. The first kappa shape index (κ1) is 13.9. The first-order chi connectivity index (χ1) is 7.88. The standard InChI is InChI=1S/C13H20O4/c1-9(2)17-12(16)13(8-6-10(3)14)7-4-5-11(13)15/h9H,4-8H2,1-3H3/t13-/m1/s1. The Bertz CT molecular complexity index is 332. The lowest BCUT2D eigenvalue weighted by Gasteiger charge is -2.25. The van der Waals surface area contributed by atoms with Gasteiger partial charge in [0.05, 0.1) is 6.10 Å². The summed E-state index contributed by atoms with van der Waals surface area (Å²) in [5.74, 6) is -0.512. The van der Waals surface area contributed by atoms with Crippen molar-refractivity contribution in [2.75, 3.05) is 0 Å². The number of esters is 1. The first-order valence-corrected chi connectivity index (χ1v) is 6.12. The highest BCUT2D eigenvalue weighted by Gasteiger charge is 2.49. The maximum atomic E-state index is 12.0. The van der Waals surface area contributed by atoms with Gasteiger partial charge >= 0.3 is 5.97 Å². The molecule has 0 aliphatic heterocycles. The highest BCUT2D eigenvalue weighted by atomic mass is 16.5. The van der Waals surface area contributed by atoms with Crippen molar-refractivity contribution in [3.63, 3.8) is 0 Å². The van der Waals surface area contributed by atoms with Gasteiger partial charge in [-0.05, 0) is 40.0 Å². The molecule has 0 saturated heterocycles. The molecule has 1 fully saturated rings. The van der Waals surface area contributed by atoms with Gasteiger partial charge in [-0.3, -0.25) is 9.59 Å². The van der Waals surface area contributed by atoms with Crippen molar-refractivity contribution >= 4 is 17.5 Å². The van der Waals surface area contributed by atoms with Crippen LogP contribution in [0, 0.1) is 5.41 Å². The van der Waals surface area contributed by atoms with Gasteiger partial charge in [0.15, 0.2) is 0 Å². The van der Waals surface area contributed by atoms with Gasteiger partial charge in [-0.2, -0.15) is 0 Å². The molecule has 4 heteroatoms. The quantitative estimate of drug-likeness (QED) is 0.545. The van der Waals surface area contributed by atoms with Crippen molar-refractivity contribution < 1.29 is 19.1 Å². The second-order valence-electron chi connectivity index (χ2n) is 5.01. The maximum Gasteiger partial charge on any atom is 0.319 e. The van der Waals surface area contributed by atoms with Crippen LogP contribution >= 0.6 is 0 Å². The third-order valence-electron chi connectivity index (χ3n) is 3.18. The zero-order chi connectivity index (χ0) is 13.1. The van der Waals surface area contributed by atoms with E-state index in [0.29, 0.717) is 25.7 Å². The Labute approximate surface area is 102 Å². The molecule has 0 bridgehead atoms. The predicted octanol–water partition coefficient (Wildman–Crippen LogP) is 2.05. The highest BCUT2D eigenvalue weighted by Crippen LogP contribution is 2.40. The zero-order valence-electron chi connectivity index (χ0n) is 10.7. The van der Waals surface area contributed by atoms with Crippen molar-refractivity contribution in [1.29, 1.82) is 0 Å². The van der Waals surface area contributed by atoms with E-state index >= 15 is 0 Å². The summed E-state index contributed by atoms with van der Waals surface area (Å²) in [6, 6.07) is 0. The molecule has 0 unspecified atom stereocenters. The van der Waals surface area contributed by atoms with E-state index in [9.17, 15) is 14.4 Å². The number of carbonyl (C=O) groups is 3. The summed E-state index contributed by atoms with van der Waals surface area (Å²) < 4.78 is 5.17. The molecule has 96 valence electrons. The van der Waals surface area contributed by atoms with Crippen LogP contribution in [0.4, 0.5) is 0 Å². The summed E-state index contributed by atoms with van der Waals surface area (Å²) in [4.78, 5) is 35.0. The van der Waals surface area contributed by atoms with Crippen LogP contribution in [0.3, 0.4) is 0 Å². The van der Waals surface area contributed by atoms with Crippen LogP contribution in [0.25, 0.3) is 0 Å². The maximum absolute atomic E-state index is 12.0. The van der Waals surface area contributed by atoms with Crippen LogP contribution in [0.15, 0.2) is 0 Å². The van der Waals surface area contributed by atoms with Crippen LogP contribution < -0.4 is 0 Å². The van der Waals surface area contributed by atoms with Gasteiger partial charge in [0.25, 0.3) is 0 Å². The number of ketones is 2. The van der Waals surface area contributed by atoms with Crippen LogP contribution in [0.1, 0.15) is 52.9 Å². The smallest absolute Gasteiger partial charge is 0.319 e. The summed E-state index contributed by atoms with van der Waals surface area (Å²) in [5, 5.41) is 0. The third kappa shape index (κ3) is 3.14. The third-order valence-corrected chi connectivity index (χ3v) is 3.18. The van der Waals surface area contributed by atoms with Crippen molar-refractivity contribution in [3.8, 4) is 0 Å². The van der Waals surface area contributed by atoms with Crippen molar-refractivity contribution in [1.82, 2.24) is 0 Å². The summed E-state index contributed by atoms with van der Waals surface area (Å²) in [6.07, 6.45) is 1.98. The molecule has 0 heterocycles. The Kier molecular flexibility index (Phi) is 4.43. The molecule has 4 nitrogen and oxygen atoms in total. The van der Waals surface area contributed by atoms with Crippen LogP contribution in [0.5, 0.6) is 0 Å². The van der Waals surface area contributed by atoms with Gasteiger partial charge in [-0.15, -0.1) is 0 Å². The Balaban J connectivity index is 2.82. The number of Topliss-reactive ketones (excluding diaryl/α,β-unsaturated/α-hetero) is 2. The molecule has 0 amide bonds. The van der Waals surface area contributed by atoms with Gasteiger partial charge < -0.3 is 9.53 Å². The Morgan fingerprint density at radius 2 is 2.06 bits per heavy atom. The lowest BCUT2D eigenvalue weighted by atomic mass is 9.80. The van der Waals surface area contributed by atoms with Gasteiger partial charge in [-0.25, -0.2) is 0 Å². The van der Waals surface area contributed by atoms with E-state index in [2.05, 4.69) is 0 Å². The fourth-order valence-corrected chi connectivity index (χ4v) is 2.23. The molecule has 0 aromatic rings. The average Bonchev–Trinajstić information content (AvgIpc) is 2.57. The van der Waals surface area contributed by atoms with Gasteiger partial charge in [0.1, 0.15) is 17.0 Å². The molecule has 1 rings (SSSR count). The molecule has 0 N–H and O–H groups in total. The molecule has 0 aromatic heterocycles. The molecule has 1 saturated carbocycles. The van der Waals surface area contributed by atoms with Crippen molar-refractivity contribution in [3.05, 3.63) is 0 Å². The molecule has 0 spiro atoms. The second-order valence-corrected chi connectivity index (χ2v) is 5.01. The average molecular weight is 240 g/mol. The monoisotopic (exact) mass is 240 g/mol. The minimum Gasteiger partial charge on any atom is -0.462 e. The van der Waals surface area contributed by atoms with E-state index in [0.717, 1.165) is 0 Å². The predicted molar refractivity (Wildman–Crippen MR) is 62.4 cm³/mol. The van der Waals surface area contributed by atoms with Gasteiger partial charge in [-0.1, -0.05) is 0 Å². The number of hydrogen-bond acceptors (Lipinski definition) is 4. The van der Waals surface area contributed by atoms with Crippen molar-refractivity contribution in [2.24, 2.45) is 5.41 Å². The van der Waals surface area contributed by atoms with E-state index in [1.807, 2.05) is 0 Å². The molecular weight excluding hydrogens is 220 g/mol. The fourth-order valence-electron chi connectivity index (χ4n) is 2.23. The van der Waals surface area contributed by atoms with Crippen LogP contribution in [-0.2, 0) is 19.1 Å². The molecule has 1 atom stereocenters. The normalized spacial score (nSPS) is 24.1. The van der Waals surface area contributed by atoms with E-state index in [4.69, 9.17) is 4.74 Å². The molecule has 0 radical (unpaired) electrons. The van der Waals surface area contributed by atoms with E-state index < -0.39 is 11.4 Å². The van der Waals surface area contributed by atoms with Crippen LogP contribution in [0.2, 0.25) is 0 Å². The lowest BCUT2D eigenvalue weighted by Crippen LogP contribution is -2.38. The largest absolute Gasteiger partial charge is 0.462 e. The van der Waals surface area contributed by atoms with Gasteiger partial charge in [0.2, 0.25) is 0 Å². The zero-order valence-corrected chi connectivity index (χ0v) is 10.7. The minimum atomic E-state index is -1.05. The van der Waals surface area contributed by atoms with Gasteiger partial charge in [0, 0.05) is 12.8 Å². The number of ether oxygens (including phenoxy) is 1. The number of hydrogen-bond donors (Lipinski definition) is 0. The summed E-state index contributed by atoms with van der Waals surface area (Å²) >= 11 is 0. The van der Waals surface area contributed by atoms with Crippen LogP contribution in [-0.4, -0.2) is 23.6 Å². The summed E-state index contributed by atoms with van der Waals surface area (Å²) in [5.41, 5.74) is -1.05. The first-order valence-electron chi connectivity index (χ1n) is 6.12. The van der Waals surface area contributed by atoms with Crippen molar-refractivity contribution in [2.45, 2.75) is 59.0 Å². The number of rotatable bonds is 5. The summed E-state index contributed by atoms with van der Waals surface area (Å²) in [6.45, 7) is 4.99. The Hall–Kier alpha value is -1.19. The summed E-state index contributed by atoms with van der Waals surface area (Å²) in [7, 11) is 0. The van der Waals surface area contributed by atoms with E-state index in [1.165, 1.54) is 6.92 Å². The Morgan fingerprint density at radius 1 is 1.41 bits per heavy atom. The van der Waals surface area contributed by atoms with E-state index in [1.54, 1.807) is 13.8 Å². The molecule has 0 aromatic carbocycles. The molecule has 1 aliphatic carbocycles. The second kappa shape index (κ2) is 5.43. The fraction of sp³-hybridized carbons (Fsp3) is 0.769. The van der Waals surface area contributed by atoms with E-state index in [-0.39, 0.29) is 24.1 Å². The molecule has 1 aliphatic rings. The highest BCUT2D eigenvalue weighted by molar-refractivity contribution is 6.05. The minimum absolute atomic E-state index is 0.00132. The molecular formula is C13H20O4. The lowest BCUT2D eigenvalue weighted by molar-refractivity contribution is -0.163. The Morgan fingerprint density at radius 3 is 2.47 bits per heavy atom.